The van der Waals surface area contributed by atoms with Crippen LogP contribution in [0.4, 0.5) is 17.5 Å². The Labute approximate surface area is 143 Å². The van der Waals surface area contributed by atoms with Crippen LogP contribution in [-0.4, -0.2) is 36.6 Å². The average molecular weight is 350 g/mol. The summed E-state index contributed by atoms with van der Waals surface area (Å²) in [6.45, 7) is 0.399. The average Bonchev–Trinajstić information content (AvgIpc) is 2.92. The van der Waals surface area contributed by atoms with Crippen molar-refractivity contribution >= 4 is 35.3 Å². The number of rotatable bonds is 5. The molecule has 1 aliphatic rings. The molecule has 0 saturated heterocycles. The molecule has 0 fully saturated rings. The minimum Gasteiger partial charge on any atom is -0.493 e. The van der Waals surface area contributed by atoms with Gasteiger partial charge in [0.15, 0.2) is 34.9 Å². The van der Waals surface area contributed by atoms with Gasteiger partial charge >= 0.3 is 0 Å². The van der Waals surface area contributed by atoms with E-state index in [1.54, 1.807) is 25.2 Å². The molecule has 1 aliphatic heterocycles. The maximum atomic E-state index is 11.4. The molecule has 2 aromatic rings. The molecular formula is C15H16ClN5O3. The number of halogens is 1. The molecule has 1 unspecified atom stereocenters. The molecule has 24 heavy (non-hydrogen) atoms. The lowest BCUT2D eigenvalue weighted by Crippen LogP contribution is -2.36. The molecule has 3 rings (SSSR count). The molecule has 0 aliphatic carbocycles. The second kappa shape index (κ2) is 6.40. The Morgan fingerprint density at radius 3 is 2.75 bits per heavy atom. The van der Waals surface area contributed by atoms with Crippen LogP contribution in [0, 0.1) is 0 Å². The fraction of sp³-hybridized carbons (Fsp3) is 0.267. The van der Waals surface area contributed by atoms with Crippen molar-refractivity contribution in [2.75, 3.05) is 30.2 Å². The van der Waals surface area contributed by atoms with Gasteiger partial charge in [0, 0.05) is 6.54 Å². The van der Waals surface area contributed by atoms with E-state index >= 15 is 0 Å². The molecule has 0 spiro atoms. The molecular weight excluding hydrogens is 334 g/mol. The van der Waals surface area contributed by atoms with Gasteiger partial charge in [-0.05, 0) is 17.7 Å². The first kappa shape index (κ1) is 16.1. The van der Waals surface area contributed by atoms with Crippen LogP contribution >= 0.6 is 11.6 Å². The van der Waals surface area contributed by atoms with Crippen molar-refractivity contribution in [1.29, 1.82) is 0 Å². The number of methoxy groups -OCH3 is 2. The number of hydrogen-bond donors (Lipinski definition) is 2. The molecule has 9 heteroatoms. The van der Waals surface area contributed by atoms with Gasteiger partial charge in [-0.15, -0.1) is 0 Å². The fourth-order valence-corrected chi connectivity index (χ4v) is 2.81. The zero-order valence-corrected chi connectivity index (χ0v) is 13.9. The summed E-state index contributed by atoms with van der Waals surface area (Å²) in [5.74, 6) is 1.76. The minimum atomic E-state index is -0.610. The highest BCUT2D eigenvalue weighted by Gasteiger charge is 2.32. The summed E-state index contributed by atoms with van der Waals surface area (Å²) in [6.07, 6.45) is 0.163. The number of hydrogen-bond acceptors (Lipinski definition) is 8. The van der Waals surface area contributed by atoms with E-state index in [0.29, 0.717) is 29.5 Å². The molecule has 1 aromatic heterocycles. The van der Waals surface area contributed by atoms with Crippen molar-refractivity contribution < 1.29 is 14.3 Å². The van der Waals surface area contributed by atoms with Gasteiger partial charge in [-0.2, -0.15) is 9.97 Å². The number of carbonyl (C=O) groups is 1. The summed E-state index contributed by atoms with van der Waals surface area (Å²) in [5.41, 5.74) is 7.07. The minimum absolute atomic E-state index is 0.0458. The highest BCUT2D eigenvalue weighted by atomic mass is 35.5. The molecule has 1 aromatic carbocycles. The summed E-state index contributed by atoms with van der Waals surface area (Å²) in [5, 5.41) is 3.17. The van der Waals surface area contributed by atoms with E-state index in [1.165, 1.54) is 0 Å². The smallest absolute Gasteiger partial charge is 0.223 e. The molecule has 1 atom stereocenters. The Kier molecular flexibility index (Phi) is 4.30. The molecule has 8 nitrogen and oxygen atoms in total. The first-order chi connectivity index (χ1) is 11.6. The summed E-state index contributed by atoms with van der Waals surface area (Å²) >= 11 is 6.08. The van der Waals surface area contributed by atoms with Crippen LogP contribution < -0.4 is 25.4 Å². The van der Waals surface area contributed by atoms with E-state index in [-0.39, 0.29) is 11.1 Å². The molecule has 3 N–H and O–H groups in total. The number of aromatic nitrogens is 2. The molecule has 2 heterocycles. The molecule has 0 bridgehead atoms. The van der Waals surface area contributed by atoms with Crippen LogP contribution in [0.1, 0.15) is 5.56 Å². The third-order valence-electron chi connectivity index (χ3n) is 3.69. The Morgan fingerprint density at radius 1 is 1.33 bits per heavy atom. The largest absolute Gasteiger partial charge is 0.493 e. The third kappa shape index (κ3) is 2.76. The van der Waals surface area contributed by atoms with Crippen LogP contribution in [0.3, 0.4) is 0 Å². The summed E-state index contributed by atoms with van der Waals surface area (Å²) in [4.78, 5) is 21.3. The second-order valence-corrected chi connectivity index (χ2v) is 5.47. The van der Waals surface area contributed by atoms with Crippen LogP contribution in [0.15, 0.2) is 18.2 Å². The first-order valence-corrected chi connectivity index (χ1v) is 7.47. The Morgan fingerprint density at radius 2 is 2.08 bits per heavy atom. The van der Waals surface area contributed by atoms with E-state index in [2.05, 4.69) is 15.3 Å². The van der Waals surface area contributed by atoms with Crippen molar-refractivity contribution in [3.63, 3.8) is 0 Å². The van der Waals surface area contributed by atoms with Crippen molar-refractivity contribution in [2.45, 2.75) is 12.7 Å². The number of nitrogen functional groups attached to an aromatic ring is 1. The second-order valence-electron chi connectivity index (χ2n) is 5.11. The standard InChI is InChI=1S/C15H16ClN5O3/c1-23-9-4-3-8(5-10(9)24-2)6-21-11(7-22)18-12-13(16)19-15(17)20-14(12)21/h3-5,7,11,18H,6H2,1-2H3,(H2,17,19,20). The van der Waals surface area contributed by atoms with Crippen LogP contribution in [0.25, 0.3) is 0 Å². The Bertz CT molecular complexity index is 786. The van der Waals surface area contributed by atoms with Gasteiger partial charge in [-0.3, -0.25) is 4.79 Å². The number of nitrogens with one attached hydrogen (secondary N) is 1. The summed E-state index contributed by atoms with van der Waals surface area (Å²) in [6, 6.07) is 5.52. The van der Waals surface area contributed by atoms with Gasteiger partial charge in [0.2, 0.25) is 5.95 Å². The number of nitrogens with zero attached hydrogens (tertiary/aromatic N) is 3. The van der Waals surface area contributed by atoms with Gasteiger partial charge in [0.05, 0.1) is 14.2 Å². The summed E-state index contributed by atoms with van der Waals surface area (Å²) in [7, 11) is 3.14. The van der Waals surface area contributed by atoms with Crippen molar-refractivity contribution in [1.82, 2.24) is 9.97 Å². The van der Waals surface area contributed by atoms with Gasteiger partial charge in [0.1, 0.15) is 5.69 Å². The molecule has 0 radical (unpaired) electrons. The van der Waals surface area contributed by atoms with E-state index in [0.717, 1.165) is 11.8 Å². The number of aldehydes is 1. The molecule has 126 valence electrons. The number of carbonyl (C=O) groups excluding carboxylic acids is 1. The lowest BCUT2D eigenvalue weighted by molar-refractivity contribution is -0.108. The highest BCUT2D eigenvalue weighted by molar-refractivity contribution is 6.33. The van der Waals surface area contributed by atoms with Gasteiger partial charge in [-0.1, -0.05) is 17.7 Å². The quantitative estimate of drug-likeness (QED) is 0.621. The van der Waals surface area contributed by atoms with Crippen LogP contribution in [0.2, 0.25) is 5.15 Å². The van der Waals surface area contributed by atoms with Gasteiger partial charge < -0.3 is 25.4 Å². The topological polar surface area (TPSA) is 103 Å². The predicted octanol–water partition coefficient (Wildman–Crippen LogP) is 1.69. The Hall–Kier alpha value is -2.74. The number of fused-ring (bicyclic) bond motifs is 1. The van der Waals surface area contributed by atoms with E-state index in [9.17, 15) is 4.79 Å². The van der Waals surface area contributed by atoms with Crippen molar-refractivity contribution in [3.8, 4) is 11.5 Å². The normalized spacial score (nSPS) is 15.6. The molecule has 0 saturated carbocycles. The number of anilines is 3. The predicted molar refractivity (Wildman–Crippen MR) is 90.7 cm³/mol. The van der Waals surface area contributed by atoms with Crippen LogP contribution in [-0.2, 0) is 11.3 Å². The zero-order valence-electron chi connectivity index (χ0n) is 13.1. The lowest BCUT2D eigenvalue weighted by Gasteiger charge is -2.22. The monoisotopic (exact) mass is 349 g/mol. The third-order valence-corrected chi connectivity index (χ3v) is 3.97. The Balaban J connectivity index is 1.96. The van der Waals surface area contributed by atoms with Gasteiger partial charge in [-0.25, -0.2) is 0 Å². The maximum absolute atomic E-state index is 11.4. The lowest BCUT2D eigenvalue weighted by atomic mass is 10.2. The molecule has 0 amide bonds. The number of ether oxygens (including phenoxy) is 2. The highest BCUT2D eigenvalue weighted by Crippen LogP contribution is 2.38. The van der Waals surface area contributed by atoms with E-state index in [4.69, 9.17) is 26.8 Å². The maximum Gasteiger partial charge on any atom is 0.223 e. The first-order valence-electron chi connectivity index (χ1n) is 7.09. The van der Waals surface area contributed by atoms with Crippen molar-refractivity contribution in [2.24, 2.45) is 0 Å². The number of nitrogens with two attached hydrogens (primary N) is 1. The van der Waals surface area contributed by atoms with E-state index < -0.39 is 6.17 Å². The van der Waals surface area contributed by atoms with Crippen molar-refractivity contribution in [3.05, 3.63) is 28.9 Å². The van der Waals surface area contributed by atoms with Crippen LogP contribution in [0.5, 0.6) is 11.5 Å². The fourth-order valence-electron chi connectivity index (χ4n) is 2.58. The number of benzene rings is 1. The zero-order chi connectivity index (χ0) is 17.3. The van der Waals surface area contributed by atoms with E-state index in [1.807, 2.05) is 12.1 Å². The SMILES string of the molecule is COc1ccc(CN2c3nc(N)nc(Cl)c3NC2C=O)cc1OC. The van der Waals surface area contributed by atoms with Gasteiger partial charge in [0.25, 0.3) is 0 Å². The summed E-state index contributed by atoms with van der Waals surface area (Å²) < 4.78 is 10.5.